The molecule has 1 aliphatic carbocycles. The van der Waals surface area contributed by atoms with E-state index in [1.807, 2.05) is 42.5 Å². The molecule has 0 radical (unpaired) electrons. The lowest BCUT2D eigenvalue weighted by atomic mass is 9.89. The summed E-state index contributed by atoms with van der Waals surface area (Å²) in [6, 6.07) is 14.3. The third-order valence-corrected chi connectivity index (χ3v) is 6.60. The van der Waals surface area contributed by atoms with Crippen molar-refractivity contribution < 1.29 is 14.3 Å². The highest BCUT2D eigenvalue weighted by Crippen LogP contribution is 2.41. The summed E-state index contributed by atoms with van der Waals surface area (Å²) in [7, 11) is 1.61. The fourth-order valence-electron chi connectivity index (χ4n) is 4.73. The number of urea groups is 1. The number of amides is 3. The van der Waals surface area contributed by atoms with Crippen LogP contribution in [0.15, 0.2) is 48.5 Å². The zero-order chi connectivity index (χ0) is 21.1. The number of nitrogens with one attached hydrogen (secondary N) is 3. The van der Waals surface area contributed by atoms with Gasteiger partial charge in [-0.15, -0.1) is 0 Å². The highest BCUT2D eigenvalue weighted by Gasteiger charge is 2.49. The molecule has 1 saturated carbocycles. The molecule has 7 heteroatoms. The van der Waals surface area contributed by atoms with Crippen LogP contribution >= 0.6 is 11.6 Å². The van der Waals surface area contributed by atoms with E-state index in [0.29, 0.717) is 29.7 Å². The van der Waals surface area contributed by atoms with Crippen molar-refractivity contribution in [1.82, 2.24) is 16.0 Å². The monoisotopic (exact) mass is 427 g/mol. The lowest BCUT2D eigenvalue weighted by Crippen LogP contribution is -2.54. The molecule has 3 unspecified atom stereocenters. The standard InChI is InChI=1S/C23H26ClN3O3/c1-30-17-8-4-6-15(12-17)21(18-9-2-3-10-19(18)24)26-22(29)25-14-23-11-5-7-16(23)13-20(28)27-23/h2-4,6,8-10,12,16,21H,5,7,11,13-14H2,1H3,(H,27,28)(H2,25,26,29). The van der Waals surface area contributed by atoms with Crippen LogP contribution in [0.1, 0.15) is 42.9 Å². The van der Waals surface area contributed by atoms with E-state index in [1.54, 1.807) is 13.2 Å². The highest BCUT2D eigenvalue weighted by molar-refractivity contribution is 6.31. The zero-order valence-electron chi connectivity index (χ0n) is 16.9. The molecule has 1 saturated heterocycles. The van der Waals surface area contributed by atoms with E-state index in [9.17, 15) is 9.59 Å². The van der Waals surface area contributed by atoms with Crippen molar-refractivity contribution in [2.45, 2.75) is 37.3 Å². The molecule has 1 heterocycles. The van der Waals surface area contributed by atoms with Gasteiger partial charge in [-0.3, -0.25) is 4.79 Å². The Kier molecular flexibility index (Phi) is 5.86. The molecule has 2 fully saturated rings. The Hall–Kier alpha value is -2.73. The van der Waals surface area contributed by atoms with Crippen LogP contribution in [-0.2, 0) is 4.79 Å². The van der Waals surface area contributed by atoms with Crippen molar-refractivity contribution in [3.63, 3.8) is 0 Å². The summed E-state index contributed by atoms with van der Waals surface area (Å²) in [4.78, 5) is 24.8. The molecule has 3 N–H and O–H groups in total. The van der Waals surface area contributed by atoms with Gasteiger partial charge in [0.2, 0.25) is 5.91 Å². The Morgan fingerprint density at radius 2 is 2.13 bits per heavy atom. The second-order valence-corrected chi connectivity index (χ2v) is 8.46. The number of rotatable bonds is 6. The Bertz CT molecular complexity index is 951. The first-order valence-corrected chi connectivity index (χ1v) is 10.6. The second-order valence-electron chi connectivity index (χ2n) is 8.06. The topological polar surface area (TPSA) is 79.5 Å². The molecule has 158 valence electrons. The summed E-state index contributed by atoms with van der Waals surface area (Å²) in [5.74, 6) is 1.07. The van der Waals surface area contributed by atoms with Crippen LogP contribution in [0.3, 0.4) is 0 Å². The number of halogens is 1. The molecule has 3 amide bonds. The predicted octanol–water partition coefficient (Wildman–Crippen LogP) is 3.80. The molecule has 2 aromatic carbocycles. The van der Waals surface area contributed by atoms with Crippen LogP contribution in [0.4, 0.5) is 4.79 Å². The van der Waals surface area contributed by atoms with Gasteiger partial charge in [0.05, 0.1) is 18.7 Å². The molecule has 0 spiro atoms. The second kappa shape index (κ2) is 8.56. The molecule has 6 nitrogen and oxygen atoms in total. The van der Waals surface area contributed by atoms with Gasteiger partial charge >= 0.3 is 6.03 Å². The minimum absolute atomic E-state index is 0.0761. The Labute approximate surface area is 181 Å². The lowest BCUT2D eigenvalue weighted by molar-refractivity contribution is -0.120. The largest absolute Gasteiger partial charge is 0.497 e. The van der Waals surface area contributed by atoms with Gasteiger partial charge in [0.15, 0.2) is 0 Å². The van der Waals surface area contributed by atoms with E-state index in [2.05, 4.69) is 16.0 Å². The first-order valence-electron chi connectivity index (χ1n) is 10.2. The molecule has 30 heavy (non-hydrogen) atoms. The number of fused-ring (bicyclic) bond motifs is 1. The molecule has 3 atom stereocenters. The van der Waals surface area contributed by atoms with E-state index in [1.165, 1.54) is 0 Å². The Morgan fingerprint density at radius 1 is 1.30 bits per heavy atom. The molecular weight excluding hydrogens is 402 g/mol. The van der Waals surface area contributed by atoms with Gasteiger partial charge in [0.1, 0.15) is 5.75 Å². The number of carbonyl (C=O) groups is 2. The summed E-state index contributed by atoms with van der Waals surface area (Å²) < 4.78 is 5.35. The molecule has 2 aromatic rings. The molecular formula is C23H26ClN3O3. The summed E-state index contributed by atoms with van der Waals surface area (Å²) in [6.45, 7) is 0.419. The average Bonchev–Trinajstić information content (AvgIpc) is 3.27. The van der Waals surface area contributed by atoms with Crippen molar-refractivity contribution in [3.8, 4) is 5.75 Å². The number of hydrogen-bond donors (Lipinski definition) is 3. The van der Waals surface area contributed by atoms with E-state index >= 15 is 0 Å². The summed E-state index contributed by atoms with van der Waals surface area (Å²) >= 11 is 6.44. The first-order chi connectivity index (χ1) is 14.5. The third-order valence-electron chi connectivity index (χ3n) is 6.26. The van der Waals surface area contributed by atoms with Crippen LogP contribution in [0.25, 0.3) is 0 Å². The number of methoxy groups -OCH3 is 1. The lowest BCUT2D eigenvalue weighted by Gasteiger charge is -2.30. The summed E-state index contributed by atoms with van der Waals surface area (Å²) in [6.07, 6.45) is 3.54. The van der Waals surface area contributed by atoms with Crippen LogP contribution in [0, 0.1) is 5.92 Å². The third kappa shape index (κ3) is 4.10. The maximum absolute atomic E-state index is 12.9. The Morgan fingerprint density at radius 3 is 2.93 bits per heavy atom. The van der Waals surface area contributed by atoms with E-state index in [-0.39, 0.29) is 17.5 Å². The fraction of sp³-hybridized carbons (Fsp3) is 0.391. The van der Waals surface area contributed by atoms with Crippen molar-refractivity contribution >= 4 is 23.5 Å². The number of hydrogen-bond acceptors (Lipinski definition) is 3. The van der Waals surface area contributed by atoms with E-state index in [4.69, 9.17) is 16.3 Å². The SMILES string of the molecule is COc1cccc(C(NC(=O)NCC23CCCC2CC(=O)N3)c2ccccc2Cl)c1. The molecule has 2 aliphatic rings. The van der Waals surface area contributed by atoms with Gasteiger partial charge in [0.25, 0.3) is 0 Å². The smallest absolute Gasteiger partial charge is 0.315 e. The number of benzene rings is 2. The first kappa shape index (κ1) is 20.5. The van der Waals surface area contributed by atoms with E-state index < -0.39 is 6.04 Å². The minimum atomic E-state index is -0.441. The molecule has 1 aliphatic heterocycles. The Balaban J connectivity index is 1.52. The quantitative estimate of drug-likeness (QED) is 0.656. The zero-order valence-corrected chi connectivity index (χ0v) is 17.7. The van der Waals surface area contributed by atoms with Crippen molar-refractivity contribution in [1.29, 1.82) is 0 Å². The number of carbonyl (C=O) groups excluding carboxylic acids is 2. The normalized spacial score (nSPS) is 23.4. The van der Waals surface area contributed by atoms with Crippen LogP contribution in [-0.4, -0.2) is 31.1 Å². The van der Waals surface area contributed by atoms with Crippen molar-refractivity contribution in [3.05, 3.63) is 64.7 Å². The summed E-state index contributed by atoms with van der Waals surface area (Å²) in [5.41, 5.74) is 1.35. The van der Waals surface area contributed by atoms with Gasteiger partial charge in [-0.1, -0.05) is 48.4 Å². The van der Waals surface area contributed by atoms with Crippen LogP contribution in [0.2, 0.25) is 5.02 Å². The van der Waals surface area contributed by atoms with Gasteiger partial charge in [0, 0.05) is 18.0 Å². The number of ether oxygens (including phenoxy) is 1. The maximum atomic E-state index is 12.9. The van der Waals surface area contributed by atoms with Crippen LogP contribution < -0.4 is 20.7 Å². The fourth-order valence-corrected chi connectivity index (χ4v) is 4.97. The molecule has 4 rings (SSSR count). The predicted molar refractivity (Wildman–Crippen MR) is 116 cm³/mol. The maximum Gasteiger partial charge on any atom is 0.315 e. The van der Waals surface area contributed by atoms with Gasteiger partial charge in [-0.25, -0.2) is 4.79 Å². The van der Waals surface area contributed by atoms with Crippen LogP contribution in [0.5, 0.6) is 5.75 Å². The summed E-state index contributed by atoms with van der Waals surface area (Å²) in [5, 5.41) is 9.72. The van der Waals surface area contributed by atoms with Crippen molar-refractivity contribution in [2.24, 2.45) is 5.92 Å². The van der Waals surface area contributed by atoms with Gasteiger partial charge in [-0.05, 0) is 48.1 Å². The highest BCUT2D eigenvalue weighted by atomic mass is 35.5. The molecule has 0 aromatic heterocycles. The van der Waals surface area contributed by atoms with Crippen molar-refractivity contribution in [2.75, 3.05) is 13.7 Å². The molecule has 0 bridgehead atoms. The van der Waals surface area contributed by atoms with Gasteiger partial charge in [-0.2, -0.15) is 0 Å². The van der Waals surface area contributed by atoms with E-state index in [0.717, 1.165) is 30.4 Å². The average molecular weight is 428 g/mol. The van der Waals surface area contributed by atoms with Gasteiger partial charge < -0.3 is 20.7 Å². The minimum Gasteiger partial charge on any atom is -0.497 e.